The SMILES string of the molecule is Cc1cccc(C[C@]2([C@H](CC(=O)c3ccccc3)C(=O)c3ccccc3)C(=O)N(C(=O)OC(C)(C)C)c3ccccc32)c1. The molecule has 6 heteroatoms. The van der Waals surface area contributed by atoms with Crippen LogP contribution in [0.4, 0.5) is 10.5 Å². The van der Waals surface area contributed by atoms with E-state index in [0.29, 0.717) is 22.4 Å². The third kappa shape index (κ3) is 5.91. The number of carbonyl (C=O) groups excluding carboxylic acids is 4. The number of hydrogen-bond donors (Lipinski definition) is 0. The third-order valence-corrected chi connectivity index (χ3v) is 7.81. The number of imide groups is 1. The summed E-state index contributed by atoms with van der Waals surface area (Å²) in [6, 6.07) is 32.2. The van der Waals surface area contributed by atoms with Crippen LogP contribution >= 0.6 is 0 Å². The number of anilines is 1. The zero-order valence-electron chi connectivity index (χ0n) is 24.9. The highest BCUT2D eigenvalue weighted by atomic mass is 16.6. The topological polar surface area (TPSA) is 80.8 Å². The van der Waals surface area contributed by atoms with Crippen molar-refractivity contribution in [3.8, 4) is 0 Å². The van der Waals surface area contributed by atoms with E-state index in [2.05, 4.69) is 0 Å². The number of nitrogens with zero attached hydrogens (tertiary/aromatic N) is 1. The highest BCUT2D eigenvalue weighted by Crippen LogP contribution is 2.51. The Morgan fingerprint density at radius 3 is 2.02 bits per heavy atom. The monoisotopic (exact) mass is 573 g/mol. The summed E-state index contributed by atoms with van der Waals surface area (Å²) in [6.07, 6.45) is -0.947. The Labute approximate surface area is 252 Å². The molecular formula is C37H35NO5. The molecular weight excluding hydrogens is 538 g/mol. The van der Waals surface area contributed by atoms with E-state index in [4.69, 9.17) is 4.74 Å². The Balaban J connectivity index is 1.76. The van der Waals surface area contributed by atoms with Gasteiger partial charge in [0.05, 0.1) is 11.1 Å². The highest BCUT2D eigenvalue weighted by Gasteiger charge is 2.60. The van der Waals surface area contributed by atoms with Crippen LogP contribution in [0.1, 0.15) is 64.6 Å². The summed E-state index contributed by atoms with van der Waals surface area (Å²) in [5.41, 5.74) is 1.07. The van der Waals surface area contributed by atoms with Crippen molar-refractivity contribution in [3.63, 3.8) is 0 Å². The van der Waals surface area contributed by atoms with Gasteiger partial charge in [-0.2, -0.15) is 0 Å². The van der Waals surface area contributed by atoms with E-state index >= 15 is 0 Å². The minimum atomic E-state index is -1.57. The molecule has 0 aliphatic carbocycles. The number of carbonyl (C=O) groups is 4. The Bertz CT molecular complexity index is 1670. The van der Waals surface area contributed by atoms with Gasteiger partial charge >= 0.3 is 6.09 Å². The predicted molar refractivity (Wildman–Crippen MR) is 166 cm³/mol. The van der Waals surface area contributed by atoms with Crippen molar-refractivity contribution in [2.45, 2.75) is 51.6 Å². The van der Waals surface area contributed by atoms with E-state index in [9.17, 15) is 19.2 Å². The van der Waals surface area contributed by atoms with Gasteiger partial charge in [0.1, 0.15) is 5.60 Å². The zero-order valence-corrected chi connectivity index (χ0v) is 24.9. The van der Waals surface area contributed by atoms with Gasteiger partial charge in [0.25, 0.3) is 0 Å². The maximum Gasteiger partial charge on any atom is 0.421 e. The van der Waals surface area contributed by atoms with Gasteiger partial charge in [-0.05, 0) is 51.3 Å². The van der Waals surface area contributed by atoms with E-state index in [1.165, 1.54) is 0 Å². The molecule has 0 fully saturated rings. The number of fused-ring (bicyclic) bond motifs is 1. The summed E-state index contributed by atoms with van der Waals surface area (Å²) < 4.78 is 5.70. The van der Waals surface area contributed by atoms with Crippen LogP contribution in [0.3, 0.4) is 0 Å². The first-order valence-corrected chi connectivity index (χ1v) is 14.4. The molecule has 5 rings (SSSR count). The van der Waals surface area contributed by atoms with Crippen molar-refractivity contribution in [2.75, 3.05) is 4.90 Å². The van der Waals surface area contributed by atoms with Gasteiger partial charge < -0.3 is 4.74 Å². The van der Waals surface area contributed by atoms with Crippen molar-refractivity contribution in [2.24, 2.45) is 5.92 Å². The maximum atomic E-state index is 15.0. The quantitative estimate of drug-likeness (QED) is 0.204. The minimum Gasteiger partial charge on any atom is -0.443 e. The number of Topliss-reactive ketones (excluding diaryl/α,β-unsaturated/α-hetero) is 2. The first-order valence-electron chi connectivity index (χ1n) is 14.4. The van der Waals surface area contributed by atoms with Crippen LogP contribution in [0.2, 0.25) is 0 Å². The molecule has 0 saturated heterocycles. The summed E-state index contributed by atoms with van der Waals surface area (Å²) in [5.74, 6) is -2.31. The lowest BCUT2D eigenvalue weighted by Crippen LogP contribution is -2.52. The molecule has 0 radical (unpaired) electrons. The molecule has 2 atom stereocenters. The number of rotatable bonds is 8. The van der Waals surface area contributed by atoms with Gasteiger partial charge in [-0.15, -0.1) is 0 Å². The normalized spacial score (nSPS) is 16.8. The van der Waals surface area contributed by atoms with E-state index in [0.717, 1.165) is 16.0 Å². The number of para-hydroxylation sites is 1. The summed E-state index contributed by atoms with van der Waals surface area (Å²) in [6.45, 7) is 7.16. The Kier molecular flexibility index (Phi) is 8.14. The van der Waals surface area contributed by atoms with Gasteiger partial charge in [-0.3, -0.25) is 14.4 Å². The van der Waals surface area contributed by atoms with Crippen molar-refractivity contribution in [3.05, 3.63) is 137 Å². The second-order valence-electron chi connectivity index (χ2n) is 12.1. The first-order chi connectivity index (χ1) is 20.5. The molecule has 4 aromatic carbocycles. The summed E-state index contributed by atoms with van der Waals surface area (Å²) >= 11 is 0. The molecule has 0 N–H and O–H groups in total. The summed E-state index contributed by atoms with van der Waals surface area (Å²) in [5, 5.41) is 0. The van der Waals surface area contributed by atoms with E-state index in [-0.39, 0.29) is 24.4 Å². The van der Waals surface area contributed by atoms with Crippen LogP contribution in [0.25, 0.3) is 0 Å². The molecule has 1 heterocycles. The van der Waals surface area contributed by atoms with Crippen LogP contribution in [-0.2, 0) is 21.4 Å². The fraction of sp³-hybridized carbons (Fsp3) is 0.243. The number of aryl methyl sites for hydroxylation is 1. The molecule has 1 aliphatic rings. The lowest BCUT2D eigenvalue weighted by Gasteiger charge is -2.36. The van der Waals surface area contributed by atoms with Crippen molar-refractivity contribution >= 4 is 29.3 Å². The molecule has 0 saturated carbocycles. The number of benzene rings is 4. The van der Waals surface area contributed by atoms with Crippen molar-refractivity contribution in [1.82, 2.24) is 0 Å². The van der Waals surface area contributed by atoms with Gasteiger partial charge in [-0.1, -0.05) is 109 Å². The van der Waals surface area contributed by atoms with Crippen LogP contribution in [0.5, 0.6) is 0 Å². The second-order valence-corrected chi connectivity index (χ2v) is 12.1. The summed E-state index contributed by atoms with van der Waals surface area (Å²) in [4.78, 5) is 58.1. The van der Waals surface area contributed by atoms with Gasteiger partial charge in [0.15, 0.2) is 11.6 Å². The van der Waals surface area contributed by atoms with E-state index in [1.54, 1.807) is 93.6 Å². The largest absolute Gasteiger partial charge is 0.443 e. The molecule has 0 unspecified atom stereocenters. The zero-order chi connectivity index (χ0) is 30.8. The molecule has 218 valence electrons. The molecule has 43 heavy (non-hydrogen) atoms. The second kappa shape index (κ2) is 11.8. The Hall–Kier alpha value is -4.84. The third-order valence-electron chi connectivity index (χ3n) is 7.81. The number of amides is 2. The molecule has 2 amide bonds. The molecule has 0 bridgehead atoms. The number of ketones is 2. The van der Waals surface area contributed by atoms with Crippen LogP contribution in [-0.4, -0.2) is 29.2 Å². The lowest BCUT2D eigenvalue weighted by atomic mass is 9.63. The molecule has 4 aromatic rings. The number of ether oxygens (including phenoxy) is 1. The van der Waals surface area contributed by atoms with Crippen molar-refractivity contribution < 1.29 is 23.9 Å². The number of hydrogen-bond acceptors (Lipinski definition) is 5. The summed E-state index contributed by atoms with van der Waals surface area (Å²) in [7, 11) is 0. The predicted octanol–water partition coefficient (Wildman–Crippen LogP) is 7.53. The van der Waals surface area contributed by atoms with E-state index in [1.807, 2.05) is 43.3 Å². The smallest absolute Gasteiger partial charge is 0.421 e. The van der Waals surface area contributed by atoms with E-state index < -0.39 is 28.9 Å². The lowest BCUT2D eigenvalue weighted by molar-refractivity contribution is -0.124. The van der Waals surface area contributed by atoms with Crippen molar-refractivity contribution in [1.29, 1.82) is 0 Å². The average molecular weight is 574 g/mol. The molecule has 0 aromatic heterocycles. The molecule has 1 aliphatic heterocycles. The van der Waals surface area contributed by atoms with Crippen LogP contribution in [0.15, 0.2) is 109 Å². The Morgan fingerprint density at radius 2 is 1.40 bits per heavy atom. The van der Waals surface area contributed by atoms with Gasteiger partial charge in [0, 0.05) is 23.5 Å². The van der Waals surface area contributed by atoms with Gasteiger partial charge in [-0.25, -0.2) is 9.69 Å². The van der Waals surface area contributed by atoms with Gasteiger partial charge in [0.2, 0.25) is 5.91 Å². The maximum absolute atomic E-state index is 15.0. The molecule has 0 spiro atoms. The average Bonchev–Trinajstić information content (AvgIpc) is 3.23. The fourth-order valence-electron chi connectivity index (χ4n) is 5.96. The van der Waals surface area contributed by atoms with Crippen LogP contribution < -0.4 is 4.90 Å². The Morgan fingerprint density at radius 1 is 0.791 bits per heavy atom. The first kappa shape index (κ1) is 29.6. The minimum absolute atomic E-state index is 0.106. The highest BCUT2D eigenvalue weighted by molar-refractivity contribution is 6.23. The fourth-order valence-corrected chi connectivity index (χ4v) is 5.96. The van der Waals surface area contributed by atoms with Crippen LogP contribution in [0, 0.1) is 12.8 Å². The standard InChI is InChI=1S/C37H35NO5/c1-25-14-13-15-26(22-25)24-37(29-20-11-12-21-31(29)38(34(37)41)35(42)43-36(2,3)4)30(33(40)28-18-9-6-10-19-28)23-32(39)27-16-7-5-8-17-27/h5-22,30H,23-24H2,1-4H3/t30-,37+/m1/s1. The molecule has 6 nitrogen and oxygen atoms in total.